The molecule has 1 aromatic carbocycles. The number of aromatic nitrogens is 1. The molecular formula is C23H32BNO3. The van der Waals surface area contributed by atoms with Crippen LogP contribution in [0.25, 0.3) is 10.8 Å². The fraction of sp³-hybridized carbons (Fsp3) is 0.609. The Labute approximate surface area is 169 Å². The molecule has 2 aromatic rings. The molecule has 0 atom stereocenters. The normalized spacial score (nSPS) is 26.5. The minimum absolute atomic E-state index is 0.288. The van der Waals surface area contributed by atoms with Crippen LogP contribution in [0.3, 0.4) is 0 Å². The van der Waals surface area contributed by atoms with E-state index in [9.17, 15) is 0 Å². The minimum Gasteiger partial charge on any atom is -0.488 e. The van der Waals surface area contributed by atoms with Crippen LogP contribution in [-0.2, 0) is 9.31 Å². The molecule has 2 fully saturated rings. The molecule has 1 saturated carbocycles. The van der Waals surface area contributed by atoms with E-state index < -0.39 is 0 Å². The van der Waals surface area contributed by atoms with Crippen LogP contribution in [0.15, 0.2) is 30.6 Å². The number of nitrogens with zero attached hydrogens (tertiary/aromatic N) is 1. The summed E-state index contributed by atoms with van der Waals surface area (Å²) in [5.41, 5.74) is 0.335. The van der Waals surface area contributed by atoms with Crippen molar-refractivity contribution in [1.82, 2.24) is 4.98 Å². The third-order valence-corrected chi connectivity index (χ3v) is 6.94. The highest BCUT2D eigenvalue weighted by Crippen LogP contribution is 2.37. The maximum atomic E-state index is 6.42. The number of ether oxygens (including phenoxy) is 1. The van der Waals surface area contributed by atoms with Gasteiger partial charge in [0.15, 0.2) is 0 Å². The molecule has 5 heteroatoms. The van der Waals surface area contributed by atoms with Crippen LogP contribution in [0, 0.1) is 5.92 Å². The summed E-state index contributed by atoms with van der Waals surface area (Å²) in [4.78, 5) is 4.40. The molecule has 0 bridgehead atoms. The van der Waals surface area contributed by atoms with Gasteiger partial charge in [0.1, 0.15) is 5.75 Å². The van der Waals surface area contributed by atoms with Gasteiger partial charge in [-0.15, -0.1) is 0 Å². The van der Waals surface area contributed by atoms with E-state index in [1.54, 1.807) is 0 Å². The Bertz CT molecular complexity index is 827. The van der Waals surface area contributed by atoms with E-state index in [1.165, 1.54) is 19.3 Å². The highest BCUT2D eigenvalue weighted by molar-refractivity contribution is 6.62. The number of pyridine rings is 1. The van der Waals surface area contributed by atoms with E-state index >= 15 is 0 Å². The lowest BCUT2D eigenvalue weighted by Gasteiger charge is -2.32. The second-order valence-electron chi connectivity index (χ2n) is 9.38. The van der Waals surface area contributed by atoms with Crippen molar-refractivity contribution in [2.75, 3.05) is 0 Å². The summed E-state index contributed by atoms with van der Waals surface area (Å²) in [6, 6.07) is 6.30. The first kappa shape index (κ1) is 19.7. The summed E-state index contributed by atoms with van der Waals surface area (Å²) in [6.07, 6.45) is 10.1. The van der Waals surface area contributed by atoms with Crippen molar-refractivity contribution < 1.29 is 14.0 Å². The molecule has 0 unspecified atom stereocenters. The van der Waals surface area contributed by atoms with Crippen molar-refractivity contribution in [2.45, 2.75) is 84.0 Å². The van der Waals surface area contributed by atoms with Gasteiger partial charge in [0, 0.05) is 17.0 Å². The van der Waals surface area contributed by atoms with Gasteiger partial charge in [-0.25, -0.2) is 0 Å². The quantitative estimate of drug-likeness (QED) is 0.708. The molecule has 4 nitrogen and oxygen atoms in total. The SMILES string of the molecule is CCC1CCC(Oc2cncc3ccc(B4OC(C)(C)C(C)(C)O4)cc23)CC1. The van der Waals surface area contributed by atoms with Crippen LogP contribution in [0.1, 0.15) is 66.7 Å². The zero-order chi connectivity index (χ0) is 19.9. The molecule has 1 aliphatic carbocycles. The lowest BCUT2D eigenvalue weighted by Crippen LogP contribution is -2.41. The molecule has 2 aliphatic rings. The Morgan fingerprint density at radius 3 is 2.36 bits per heavy atom. The highest BCUT2D eigenvalue weighted by atomic mass is 16.7. The predicted octanol–water partition coefficient (Wildman–Crippen LogP) is 4.88. The average molecular weight is 381 g/mol. The predicted molar refractivity (Wildman–Crippen MR) is 114 cm³/mol. The van der Waals surface area contributed by atoms with Crippen molar-refractivity contribution in [3.63, 3.8) is 0 Å². The van der Waals surface area contributed by atoms with Gasteiger partial charge in [0.05, 0.1) is 23.5 Å². The molecule has 1 aromatic heterocycles. The topological polar surface area (TPSA) is 40.6 Å². The summed E-state index contributed by atoms with van der Waals surface area (Å²) in [6.45, 7) is 10.6. The van der Waals surface area contributed by atoms with Gasteiger partial charge in [-0.05, 0) is 64.8 Å². The first-order valence-corrected chi connectivity index (χ1v) is 10.7. The molecule has 0 spiro atoms. The molecule has 150 valence electrons. The zero-order valence-corrected chi connectivity index (χ0v) is 17.8. The highest BCUT2D eigenvalue weighted by Gasteiger charge is 2.51. The minimum atomic E-state index is -0.365. The molecular weight excluding hydrogens is 349 g/mol. The Hall–Kier alpha value is -1.59. The van der Waals surface area contributed by atoms with E-state index in [-0.39, 0.29) is 24.4 Å². The van der Waals surface area contributed by atoms with Crippen molar-refractivity contribution in [3.8, 4) is 5.75 Å². The van der Waals surface area contributed by atoms with E-state index in [0.717, 1.165) is 40.7 Å². The molecule has 2 heterocycles. The molecule has 4 rings (SSSR count). The van der Waals surface area contributed by atoms with E-state index in [4.69, 9.17) is 14.0 Å². The van der Waals surface area contributed by atoms with Crippen molar-refractivity contribution >= 4 is 23.4 Å². The first-order chi connectivity index (χ1) is 13.3. The lowest BCUT2D eigenvalue weighted by molar-refractivity contribution is 0.00578. The second kappa shape index (κ2) is 7.35. The molecule has 0 radical (unpaired) electrons. The lowest BCUT2D eigenvalue weighted by atomic mass is 9.78. The van der Waals surface area contributed by atoms with Gasteiger partial charge in [0.2, 0.25) is 0 Å². The Kier molecular flexibility index (Phi) is 5.17. The van der Waals surface area contributed by atoms with Crippen molar-refractivity contribution in [1.29, 1.82) is 0 Å². The Morgan fingerprint density at radius 2 is 1.71 bits per heavy atom. The summed E-state index contributed by atoms with van der Waals surface area (Å²) in [5, 5.41) is 2.17. The van der Waals surface area contributed by atoms with Crippen LogP contribution in [-0.4, -0.2) is 29.4 Å². The van der Waals surface area contributed by atoms with Crippen LogP contribution in [0.4, 0.5) is 0 Å². The fourth-order valence-electron chi connectivity index (χ4n) is 4.21. The Morgan fingerprint density at radius 1 is 1.04 bits per heavy atom. The van der Waals surface area contributed by atoms with Crippen LogP contribution < -0.4 is 10.2 Å². The second-order valence-corrected chi connectivity index (χ2v) is 9.38. The van der Waals surface area contributed by atoms with Gasteiger partial charge in [-0.3, -0.25) is 4.98 Å². The summed E-state index contributed by atoms with van der Waals surface area (Å²) in [5.74, 6) is 1.73. The monoisotopic (exact) mass is 381 g/mol. The molecule has 1 aliphatic heterocycles. The van der Waals surface area contributed by atoms with Crippen LogP contribution in [0.2, 0.25) is 0 Å². The standard InChI is InChI=1S/C23H32BNO3/c1-6-16-7-11-19(12-8-16)26-21-15-25-14-17-9-10-18(13-20(17)21)24-27-22(2,3)23(4,5)28-24/h9-10,13-16,19H,6-8,11-12H2,1-5H3. The summed E-state index contributed by atoms with van der Waals surface area (Å²) >= 11 is 0. The third kappa shape index (κ3) is 3.67. The number of hydrogen-bond donors (Lipinski definition) is 0. The van der Waals surface area contributed by atoms with Crippen LogP contribution >= 0.6 is 0 Å². The maximum absolute atomic E-state index is 6.42. The smallest absolute Gasteiger partial charge is 0.488 e. The molecule has 28 heavy (non-hydrogen) atoms. The van der Waals surface area contributed by atoms with Gasteiger partial charge in [-0.1, -0.05) is 31.5 Å². The first-order valence-electron chi connectivity index (χ1n) is 10.7. The van der Waals surface area contributed by atoms with Gasteiger partial charge in [0.25, 0.3) is 0 Å². The van der Waals surface area contributed by atoms with E-state index in [1.807, 2.05) is 12.4 Å². The van der Waals surface area contributed by atoms with E-state index in [0.29, 0.717) is 0 Å². The van der Waals surface area contributed by atoms with Crippen molar-refractivity contribution in [3.05, 3.63) is 30.6 Å². The summed E-state index contributed by atoms with van der Waals surface area (Å²) in [7, 11) is -0.365. The van der Waals surface area contributed by atoms with Gasteiger partial charge in [-0.2, -0.15) is 0 Å². The largest absolute Gasteiger partial charge is 0.494 e. The number of benzene rings is 1. The molecule has 1 saturated heterocycles. The maximum Gasteiger partial charge on any atom is 0.494 e. The average Bonchev–Trinajstić information content (AvgIpc) is 2.90. The summed E-state index contributed by atoms with van der Waals surface area (Å²) < 4.78 is 18.9. The number of fused-ring (bicyclic) bond motifs is 1. The molecule has 0 N–H and O–H groups in total. The number of rotatable bonds is 4. The van der Waals surface area contributed by atoms with Crippen molar-refractivity contribution in [2.24, 2.45) is 5.92 Å². The molecule has 0 amide bonds. The Balaban J connectivity index is 1.58. The van der Waals surface area contributed by atoms with E-state index in [2.05, 4.69) is 57.8 Å². The zero-order valence-electron chi connectivity index (χ0n) is 17.8. The van der Waals surface area contributed by atoms with Gasteiger partial charge < -0.3 is 14.0 Å². The third-order valence-electron chi connectivity index (χ3n) is 6.94. The fourth-order valence-corrected chi connectivity index (χ4v) is 4.21. The van der Waals surface area contributed by atoms with Crippen LogP contribution in [0.5, 0.6) is 5.75 Å². The van der Waals surface area contributed by atoms with Gasteiger partial charge >= 0.3 is 7.12 Å². The number of hydrogen-bond acceptors (Lipinski definition) is 4.